The van der Waals surface area contributed by atoms with Gasteiger partial charge in [-0.2, -0.15) is 4.31 Å². The topological polar surface area (TPSA) is 46.6 Å². The fourth-order valence-corrected chi connectivity index (χ4v) is 5.52. The Bertz CT molecular complexity index is 510. The first-order chi connectivity index (χ1) is 8.46. The number of ether oxygens (including phenoxy) is 1. The minimum Gasteiger partial charge on any atom is -0.378 e. The molecular formula is C10H13Cl2NO3S2. The zero-order chi connectivity index (χ0) is 13.3. The third kappa shape index (κ3) is 2.69. The molecule has 1 unspecified atom stereocenters. The van der Waals surface area contributed by atoms with Crippen LogP contribution in [0.25, 0.3) is 0 Å². The van der Waals surface area contributed by atoms with E-state index in [-0.39, 0.29) is 16.1 Å². The van der Waals surface area contributed by atoms with Crippen LogP contribution in [0.5, 0.6) is 0 Å². The van der Waals surface area contributed by atoms with Gasteiger partial charge >= 0.3 is 0 Å². The summed E-state index contributed by atoms with van der Waals surface area (Å²) in [5.74, 6) is 0.220. The van der Waals surface area contributed by atoms with Gasteiger partial charge in [0.15, 0.2) is 0 Å². The number of hydrogen-bond donors (Lipinski definition) is 0. The molecule has 1 fully saturated rings. The van der Waals surface area contributed by atoms with Gasteiger partial charge in [0.2, 0.25) is 0 Å². The van der Waals surface area contributed by atoms with E-state index in [1.165, 1.54) is 4.31 Å². The van der Waals surface area contributed by atoms with Gasteiger partial charge in [0.25, 0.3) is 10.0 Å². The monoisotopic (exact) mass is 329 g/mol. The average molecular weight is 330 g/mol. The molecule has 18 heavy (non-hydrogen) atoms. The molecule has 0 N–H and O–H groups in total. The highest BCUT2D eigenvalue weighted by atomic mass is 35.5. The lowest BCUT2D eigenvalue weighted by Crippen LogP contribution is -2.49. The molecular weight excluding hydrogens is 317 g/mol. The van der Waals surface area contributed by atoms with E-state index < -0.39 is 10.0 Å². The minimum atomic E-state index is -3.52. The van der Waals surface area contributed by atoms with Gasteiger partial charge in [0, 0.05) is 12.4 Å². The number of alkyl halides is 1. The smallest absolute Gasteiger partial charge is 0.253 e. The second-order valence-electron chi connectivity index (χ2n) is 4.02. The first-order valence-corrected chi connectivity index (χ1v) is 8.55. The Hall–Kier alpha value is 0.150. The predicted octanol–water partition coefficient (Wildman–Crippen LogP) is 2.34. The number of morpholine rings is 1. The fourth-order valence-electron chi connectivity index (χ4n) is 1.75. The molecule has 4 nitrogen and oxygen atoms in total. The molecule has 2 rings (SSSR count). The van der Waals surface area contributed by atoms with Gasteiger partial charge in [-0.1, -0.05) is 11.6 Å². The van der Waals surface area contributed by atoms with Crippen molar-refractivity contribution in [2.75, 3.05) is 25.6 Å². The Morgan fingerprint density at radius 3 is 2.89 bits per heavy atom. The van der Waals surface area contributed by atoms with E-state index in [2.05, 4.69) is 0 Å². The van der Waals surface area contributed by atoms with Crippen molar-refractivity contribution in [3.63, 3.8) is 0 Å². The predicted molar refractivity (Wildman–Crippen MR) is 73.3 cm³/mol. The van der Waals surface area contributed by atoms with Crippen molar-refractivity contribution in [3.8, 4) is 0 Å². The largest absolute Gasteiger partial charge is 0.378 e. The highest BCUT2D eigenvalue weighted by molar-refractivity contribution is 7.91. The molecule has 1 aliphatic heterocycles. The van der Waals surface area contributed by atoms with Crippen LogP contribution in [0.3, 0.4) is 0 Å². The lowest BCUT2D eigenvalue weighted by molar-refractivity contribution is 0.0405. The van der Waals surface area contributed by atoms with E-state index in [0.29, 0.717) is 24.1 Å². The summed E-state index contributed by atoms with van der Waals surface area (Å²) in [6, 6.07) is 1.29. The minimum absolute atomic E-state index is 0.220. The van der Waals surface area contributed by atoms with Gasteiger partial charge in [-0.05, 0) is 18.6 Å². The molecule has 1 saturated heterocycles. The van der Waals surface area contributed by atoms with Crippen LogP contribution in [-0.4, -0.2) is 44.4 Å². The molecule has 1 aromatic heterocycles. The molecule has 0 spiro atoms. The number of halogens is 2. The van der Waals surface area contributed by atoms with Crippen molar-refractivity contribution < 1.29 is 13.2 Å². The molecule has 1 aromatic rings. The number of rotatable bonds is 3. The molecule has 0 aliphatic carbocycles. The lowest BCUT2D eigenvalue weighted by atomic mass is 10.3. The Labute approximate surface area is 120 Å². The summed E-state index contributed by atoms with van der Waals surface area (Å²) < 4.78 is 32.4. The van der Waals surface area contributed by atoms with E-state index in [1.807, 2.05) is 0 Å². The van der Waals surface area contributed by atoms with Crippen LogP contribution in [0.2, 0.25) is 4.34 Å². The normalized spacial score (nSPS) is 22.3. The van der Waals surface area contributed by atoms with Gasteiger partial charge in [0.1, 0.15) is 4.21 Å². The molecule has 0 amide bonds. The zero-order valence-electron chi connectivity index (χ0n) is 9.73. The SMILES string of the molecule is Cc1cc(S(=O)(=O)N2CCOCC2CCl)sc1Cl. The van der Waals surface area contributed by atoms with Crippen LogP contribution in [0.1, 0.15) is 5.56 Å². The third-order valence-electron chi connectivity index (χ3n) is 2.75. The summed E-state index contributed by atoms with van der Waals surface area (Å²) in [4.78, 5) is 0. The van der Waals surface area contributed by atoms with Gasteiger partial charge in [-0.15, -0.1) is 22.9 Å². The molecule has 8 heteroatoms. The number of sulfonamides is 1. The average Bonchev–Trinajstić information content (AvgIpc) is 2.70. The molecule has 0 saturated carbocycles. The van der Waals surface area contributed by atoms with Crippen LogP contribution < -0.4 is 0 Å². The van der Waals surface area contributed by atoms with E-state index in [9.17, 15) is 8.42 Å². The van der Waals surface area contributed by atoms with Crippen molar-refractivity contribution in [2.45, 2.75) is 17.2 Å². The highest BCUT2D eigenvalue weighted by Crippen LogP contribution is 2.33. The second-order valence-corrected chi connectivity index (χ2v) is 8.10. The number of aryl methyl sites for hydroxylation is 1. The zero-order valence-corrected chi connectivity index (χ0v) is 12.9. The van der Waals surface area contributed by atoms with E-state index in [0.717, 1.165) is 16.9 Å². The summed E-state index contributed by atoms with van der Waals surface area (Å²) in [5, 5.41) is 0. The Kier molecular flexibility index (Phi) is 4.57. The maximum atomic E-state index is 12.5. The summed E-state index contributed by atoms with van der Waals surface area (Å²) in [6.45, 7) is 2.84. The summed E-state index contributed by atoms with van der Waals surface area (Å²) in [6.07, 6.45) is 0. The highest BCUT2D eigenvalue weighted by Gasteiger charge is 2.34. The summed E-state index contributed by atoms with van der Waals surface area (Å²) >= 11 is 12.8. The maximum absolute atomic E-state index is 12.5. The van der Waals surface area contributed by atoms with Crippen LogP contribution in [0.4, 0.5) is 0 Å². The quantitative estimate of drug-likeness (QED) is 0.799. The molecule has 0 aromatic carbocycles. The third-order valence-corrected chi connectivity index (χ3v) is 7.06. The Morgan fingerprint density at radius 1 is 1.61 bits per heavy atom. The van der Waals surface area contributed by atoms with Crippen LogP contribution in [-0.2, 0) is 14.8 Å². The molecule has 1 atom stereocenters. The van der Waals surface area contributed by atoms with Crippen LogP contribution >= 0.6 is 34.5 Å². The first-order valence-electron chi connectivity index (χ1n) is 5.38. The van der Waals surface area contributed by atoms with Crippen molar-refractivity contribution in [1.29, 1.82) is 0 Å². The molecule has 0 radical (unpaired) electrons. The second kappa shape index (κ2) is 5.64. The molecule has 2 heterocycles. The van der Waals surface area contributed by atoms with Gasteiger partial charge in [-0.25, -0.2) is 8.42 Å². The maximum Gasteiger partial charge on any atom is 0.253 e. The molecule has 102 valence electrons. The van der Waals surface area contributed by atoms with Gasteiger partial charge in [0.05, 0.1) is 23.6 Å². The molecule has 1 aliphatic rings. The lowest BCUT2D eigenvalue weighted by Gasteiger charge is -2.32. The van der Waals surface area contributed by atoms with Gasteiger partial charge < -0.3 is 4.74 Å². The molecule has 0 bridgehead atoms. The standard InChI is InChI=1S/C10H13Cl2NO3S2/c1-7-4-9(17-10(7)12)18(14,15)13-2-3-16-6-8(13)5-11/h4,8H,2-3,5-6H2,1H3. The Balaban J connectivity index is 2.35. The summed E-state index contributed by atoms with van der Waals surface area (Å²) in [5.41, 5.74) is 0.774. The van der Waals surface area contributed by atoms with Crippen molar-refractivity contribution in [1.82, 2.24) is 4.31 Å². The van der Waals surface area contributed by atoms with E-state index >= 15 is 0 Å². The number of thiophene rings is 1. The number of nitrogens with zero attached hydrogens (tertiary/aromatic N) is 1. The van der Waals surface area contributed by atoms with E-state index in [4.69, 9.17) is 27.9 Å². The van der Waals surface area contributed by atoms with Crippen molar-refractivity contribution in [3.05, 3.63) is 16.0 Å². The fraction of sp³-hybridized carbons (Fsp3) is 0.600. The Morgan fingerprint density at radius 2 is 2.33 bits per heavy atom. The summed E-state index contributed by atoms with van der Waals surface area (Å²) in [7, 11) is -3.52. The van der Waals surface area contributed by atoms with Crippen LogP contribution in [0, 0.1) is 6.92 Å². The van der Waals surface area contributed by atoms with Crippen LogP contribution in [0.15, 0.2) is 10.3 Å². The van der Waals surface area contributed by atoms with Gasteiger partial charge in [-0.3, -0.25) is 0 Å². The van der Waals surface area contributed by atoms with E-state index in [1.54, 1.807) is 13.0 Å². The van der Waals surface area contributed by atoms with Crippen molar-refractivity contribution in [2.24, 2.45) is 0 Å². The first kappa shape index (κ1) is 14.6. The number of hydrogen-bond acceptors (Lipinski definition) is 4. The van der Waals surface area contributed by atoms with Crippen molar-refractivity contribution >= 4 is 44.6 Å².